The smallest absolute Gasteiger partial charge is 0.306 e. The Hall–Kier alpha value is -3.35. The molecule has 0 fully saturated rings. The Bertz CT molecular complexity index is 1040. The summed E-state index contributed by atoms with van der Waals surface area (Å²) in [6, 6.07) is 11.7. The zero-order chi connectivity index (χ0) is 18.9. The van der Waals surface area contributed by atoms with Gasteiger partial charge in [-0.05, 0) is 35.4 Å². The van der Waals surface area contributed by atoms with Gasteiger partial charge in [0.2, 0.25) is 0 Å². The van der Waals surface area contributed by atoms with E-state index in [0.29, 0.717) is 17.7 Å². The number of hydrogen-bond donors (Lipinski definition) is 2. The average Bonchev–Trinajstić information content (AvgIpc) is 3.21. The molecule has 0 unspecified atom stereocenters. The lowest BCUT2D eigenvalue weighted by atomic mass is 10.0. The van der Waals surface area contributed by atoms with Gasteiger partial charge in [0, 0.05) is 29.6 Å². The van der Waals surface area contributed by atoms with Gasteiger partial charge in [-0.1, -0.05) is 18.2 Å². The number of rotatable bonds is 5. The summed E-state index contributed by atoms with van der Waals surface area (Å²) in [5.41, 5.74) is 8.83. The van der Waals surface area contributed by atoms with Crippen molar-refractivity contribution in [3.05, 3.63) is 66.0 Å². The fourth-order valence-corrected chi connectivity index (χ4v) is 3.00. The molecule has 3 aromatic rings. The molecule has 0 bridgehead atoms. The van der Waals surface area contributed by atoms with Gasteiger partial charge in [0.15, 0.2) is 0 Å². The molecule has 2 aromatic heterocycles. The molecular weight excluding hydrogens is 348 g/mol. The first-order valence-corrected chi connectivity index (χ1v) is 8.46. The number of aliphatic imine (C=N–C) groups is 1. The molecule has 5 nitrogen and oxygen atoms in total. The Morgan fingerprint density at radius 3 is 2.78 bits per heavy atom. The number of fused-ring (bicyclic) bond motifs is 1. The number of hydrogen-bond acceptors (Lipinski definition) is 5. The van der Waals surface area contributed by atoms with E-state index in [1.807, 2.05) is 24.3 Å². The van der Waals surface area contributed by atoms with Gasteiger partial charge in [0.05, 0.1) is 18.6 Å². The minimum atomic E-state index is -3.11. The third kappa shape index (κ3) is 3.48. The fraction of sp³-hybridized carbons (Fsp3) is 0.150. The highest BCUT2D eigenvalue weighted by Crippen LogP contribution is 2.31. The lowest BCUT2D eigenvalue weighted by Gasteiger charge is -2.18. The number of pyridine rings is 2. The van der Waals surface area contributed by atoms with Crippen molar-refractivity contribution in [1.82, 2.24) is 9.97 Å². The molecule has 136 valence electrons. The second-order valence-electron chi connectivity index (χ2n) is 6.28. The van der Waals surface area contributed by atoms with E-state index >= 15 is 0 Å². The summed E-state index contributed by atoms with van der Waals surface area (Å²) < 4.78 is 28.8. The number of allylic oxidation sites excluding steroid dienone is 1. The highest BCUT2D eigenvalue weighted by Gasteiger charge is 2.32. The molecule has 0 saturated carbocycles. The van der Waals surface area contributed by atoms with E-state index in [1.165, 1.54) is 12.3 Å². The number of nitrogen functional groups attached to an aromatic ring is 1. The van der Waals surface area contributed by atoms with Crippen LogP contribution in [0.2, 0.25) is 0 Å². The SMILES string of the molecule is Nc1cc(NCC(F)(F)c2ccccn2)c2ccc(C3=CC=NC3)cc2n1. The van der Waals surface area contributed by atoms with Gasteiger partial charge in [-0.2, -0.15) is 8.78 Å². The van der Waals surface area contributed by atoms with Crippen LogP contribution in [0.1, 0.15) is 11.3 Å². The van der Waals surface area contributed by atoms with Crippen LogP contribution < -0.4 is 11.1 Å². The van der Waals surface area contributed by atoms with Gasteiger partial charge in [0.1, 0.15) is 11.5 Å². The molecule has 3 heterocycles. The first-order chi connectivity index (χ1) is 13.0. The molecular formula is C20H17F2N5. The lowest BCUT2D eigenvalue weighted by molar-refractivity contribution is 0.00603. The minimum absolute atomic E-state index is 0.264. The maximum atomic E-state index is 14.4. The number of aromatic nitrogens is 2. The molecule has 0 atom stereocenters. The largest absolute Gasteiger partial charge is 0.384 e. The van der Waals surface area contributed by atoms with Crippen LogP contribution in [0.4, 0.5) is 20.3 Å². The molecule has 7 heteroatoms. The molecule has 0 aliphatic carbocycles. The van der Waals surface area contributed by atoms with Crippen LogP contribution in [0.5, 0.6) is 0 Å². The van der Waals surface area contributed by atoms with Crippen LogP contribution in [0.3, 0.4) is 0 Å². The van der Waals surface area contributed by atoms with Crippen molar-refractivity contribution in [2.75, 3.05) is 24.1 Å². The van der Waals surface area contributed by atoms with Crippen molar-refractivity contribution < 1.29 is 8.78 Å². The summed E-state index contributed by atoms with van der Waals surface area (Å²) in [7, 11) is 0. The molecule has 1 aliphatic rings. The van der Waals surface area contributed by atoms with Gasteiger partial charge in [-0.15, -0.1) is 0 Å². The van der Waals surface area contributed by atoms with Gasteiger partial charge < -0.3 is 11.1 Å². The molecule has 0 saturated heterocycles. The van der Waals surface area contributed by atoms with Crippen molar-refractivity contribution in [3.8, 4) is 0 Å². The van der Waals surface area contributed by atoms with Crippen molar-refractivity contribution in [1.29, 1.82) is 0 Å². The standard InChI is InChI=1S/C20H17F2N5/c21-20(22,18-3-1-2-7-25-18)12-26-16-10-19(23)27-17-9-13(4-5-15(16)17)14-6-8-24-11-14/h1-10H,11-12H2,(H3,23,26,27). The summed E-state index contributed by atoms with van der Waals surface area (Å²) in [6.07, 6.45) is 5.06. The molecule has 1 aromatic carbocycles. The molecule has 4 rings (SSSR count). The Kier molecular flexibility index (Phi) is 4.27. The first kappa shape index (κ1) is 17.1. The van der Waals surface area contributed by atoms with E-state index in [1.54, 1.807) is 24.4 Å². The highest BCUT2D eigenvalue weighted by atomic mass is 19.3. The number of nitrogens with zero attached hydrogens (tertiary/aromatic N) is 3. The third-order valence-corrected chi connectivity index (χ3v) is 4.38. The van der Waals surface area contributed by atoms with E-state index in [4.69, 9.17) is 5.73 Å². The zero-order valence-electron chi connectivity index (χ0n) is 14.4. The Labute approximate surface area is 154 Å². The maximum Gasteiger partial charge on any atom is 0.306 e. The fourth-order valence-electron chi connectivity index (χ4n) is 3.00. The van der Waals surface area contributed by atoms with E-state index in [2.05, 4.69) is 20.3 Å². The van der Waals surface area contributed by atoms with Crippen LogP contribution in [0.15, 0.2) is 59.7 Å². The predicted molar refractivity (Wildman–Crippen MR) is 104 cm³/mol. The van der Waals surface area contributed by atoms with E-state index in [-0.39, 0.29) is 11.5 Å². The lowest BCUT2D eigenvalue weighted by Crippen LogP contribution is -2.26. The van der Waals surface area contributed by atoms with Crippen molar-refractivity contribution in [2.24, 2.45) is 4.99 Å². The highest BCUT2D eigenvalue weighted by molar-refractivity contribution is 5.97. The molecule has 1 aliphatic heterocycles. The number of anilines is 2. The predicted octanol–water partition coefficient (Wildman–Crippen LogP) is 3.88. The molecule has 0 amide bonds. The summed E-state index contributed by atoms with van der Waals surface area (Å²) in [5.74, 6) is -2.85. The minimum Gasteiger partial charge on any atom is -0.384 e. The second kappa shape index (κ2) is 6.75. The summed E-state index contributed by atoms with van der Waals surface area (Å²) in [6.45, 7) is 0.0263. The Balaban J connectivity index is 1.63. The van der Waals surface area contributed by atoms with E-state index in [9.17, 15) is 8.78 Å². The monoisotopic (exact) mass is 365 g/mol. The van der Waals surface area contributed by atoms with Crippen molar-refractivity contribution in [2.45, 2.75) is 5.92 Å². The van der Waals surface area contributed by atoms with Crippen LogP contribution in [-0.4, -0.2) is 29.3 Å². The number of alkyl halides is 2. The van der Waals surface area contributed by atoms with Crippen LogP contribution in [0.25, 0.3) is 16.5 Å². The van der Waals surface area contributed by atoms with Crippen LogP contribution in [0, 0.1) is 0 Å². The van der Waals surface area contributed by atoms with Crippen LogP contribution >= 0.6 is 0 Å². The van der Waals surface area contributed by atoms with Gasteiger partial charge in [-0.25, -0.2) is 4.98 Å². The normalized spacial score (nSPS) is 13.8. The van der Waals surface area contributed by atoms with Gasteiger partial charge in [0.25, 0.3) is 0 Å². The average molecular weight is 365 g/mol. The van der Waals surface area contributed by atoms with Crippen molar-refractivity contribution in [3.63, 3.8) is 0 Å². The Morgan fingerprint density at radius 1 is 1.15 bits per heavy atom. The summed E-state index contributed by atoms with van der Waals surface area (Å²) in [4.78, 5) is 12.3. The third-order valence-electron chi connectivity index (χ3n) is 4.38. The first-order valence-electron chi connectivity index (χ1n) is 8.46. The van der Waals surface area contributed by atoms with Gasteiger partial charge in [-0.3, -0.25) is 9.98 Å². The molecule has 0 radical (unpaired) electrons. The molecule has 0 spiro atoms. The molecule has 3 N–H and O–H groups in total. The summed E-state index contributed by atoms with van der Waals surface area (Å²) >= 11 is 0. The van der Waals surface area contributed by atoms with Crippen molar-refractivity contribution >= 4 is 34.2 Å². The van der Waals surface area contributed by atoms with Gasteiger partial charge >= 0.3 is 5.92 Å². The zero-order valence-corrected chi connectivity index (χ0v) is 14.4. The number of nitrogens with two attached hydrogens (primary N) is 1. The summed E-state index contributed by atoms with van der Waals surface area (Å²) in [5, 5.41) is 3.53. The quantitative estimate of drug-likeness (QED) is 0.719. The maximum absolute atomic E-state index is 14.4. The number of benzene rings is 1. The molecule has 27 heavy (non-hydrogen) atoms. The second-order valence-corrected chi connectivity index (χ2v) is 6.28. The number of halogens is 2. The topological polar surface area (TPSA) is 76.2 Å². The Morgan fingerprint density at radius 2 is 2.04 bits per heavy atom. The van der Waals surface area contributed by atoms with E-state index in [0.717, 1.165) is 16.5 Å². The van der Waals surface area contributed by atoms with E-state index < -0.39 is 12.5 Å². The van der Waals surface area contributed by atoms with Crippen LogP contribution in [-0.2, 0) is 5.92 Å². The number of nitrogens with one attached hydrogen (secondary N) is 1.